The first-order chi connectivity index (χ1) is 17.1. The van der Waals surface area contributed by atoms with E-state index in [2.05, 4.69) is 25.2 Å². The van der Waals surface area contributed by atoms with Crippen molar-refractivity contribution < 1.29 is 19.0 Å². The first-order valence-corrected chi connectivity index (χ1v) is 12.1. The molecule has 0 atom stereocenters. The third kappa shape index (κ3) is 4.45. The average molecular weight is 479 g/mol. The molecule has 2 aromatic heterocycles. The predicted molar refractivity (Wildman–Crippen MR) is 130 cm³/mol. The number of ether oxygens (including phenoxy) is 3. The maximum absolute atomic E-state index is 12.8. The van der Waals surface area contributed by atoms with Gasteiger partial charge in [-0.1, -0.05) is 0 Å². The number of likely N-dealkylation sites (N-methyl/N-ethyl adjacent to an activating group) is 1. The first kappa shape index (κ1) is 22.0. The minimum atomic E-state index is -0.0704. The number of hydrogen-bond donors (Lipinski definition) is 2. The second kappa shape index (κ2) is 8.92. The Morgan fingerprint density at radius 1 is 1.20 bits per heavy atom. The maximum atomic E-state index is 12.8. The molecule has 3 aromatic rings. The van der Waals surface area contributed by atoms with Gasteiger partial charge >= 0.3 is 0 Å². The summed E-state index contributed by atoms with van der Waals surface area (Å²) in [7, 11) is 3.44. The molecule has 10 heteroatoms. The van der Waals surface area contributed by atoms with Gasteiger partial charge in [-0.3, -0.25) is 9.69 Å². The third-order valence-electron chi connectivity index (χ3n) is 6.95. The van der Waals surface area contributed by atoms with E-state index in [9.17, 15) is 4.79 Å². The van der Waals surface area contributed by atoms with E-state index in [0.29, 0.717) is 48.1 Å². The van der Waals surface area contributed by atoms with Crippen LogP contribution >= 0.6 is 0 Å². The summed E-state index contributed by atoms with van der Waals surface area (Å²) in [6.45, 7) is 3.91. The Kier molecular flexibility index (Phi) is 5.60. The molecule has 1 aromatic carbocycles. The monoisotopic (exact) mass is 478 g/mol. The fourth-order valence-corrected chi connectivity index (χ4v) is 4.82. The van der Waals surface area contributed by atoms with E-state index in [4.69, 9.17) is 14.2 Å². The minimum Gasteiger partial charge on any atom is -0.493 e. The summed E-state index contributed by atoms with van der Waals surface area (Å²) in [4.78, 5) is 29.2. The summed E-state index contributed by atoms with van der Waals surface area (Å²) in [5, 5.41) is 4.38. The molecule has 3 aliphatic heterocycles. The van der Waals surface area contributed by atoms with Crippen molar-refractivity contribution in [2.24, 2.45) is 11.8 Å². The number of methoxy groups -OCH3 is 1. The number of aromatic nitrogens is 3. The van der Waals surface area contributed by atoms with Crippen molar-refractivity contribution in [1.82, 2.24) is 24.8 Å². The van der Waals surface area contributed by atoms with Crippen LogP contribution in [0.5, 0.6) is 17.2 Å². The molecule has 1 saturated carbocycles. The zero-order chi connectivity index (χ0) is 23.9. The molecule has 4 aliphatic rings. The summed E-state index contributed by atoms with van der Waals surface area (Å²) in [6, 6.07) is 3.71. The van der Waals surface area contributed by atoms with E-state index in [-0.39, 0.29) is 12.5 Å². The van der Waals surface area contributed by atoms with Crippen LogP contribution < -0.4 is 19.5 Å². The van der Waals surface area contributed by atoms with Crippen molar-refractivity contribution in [2.75, 3.05) is 52.3 Å². The van der Waals surface area contributed by atoms with E-state index in [1.807, 2.05) is 25.4 Å². The Morgan fingerprint density at radius 2 is 2.06 bits per heavy atom. The van der Waals surface area contributed by atoms with Crippen LogP contribution in [0.25, 0.3) is 11.0 Å². The SMILES string of the molecule is COc1cc2cc(c1OCC1CC1)OCC(=O)N(C)CC1CN(Cc3c[nH]c4ncnc(c34)N2)C1. The van der Waals surface area contributed by atoms with Crippen LogP contribution in [-0.4, -0.2) is 77.7 Å². The highest BCUT2D eigenvalue weighted by molar-refractivity contribution is 5.92. The number of rotatable bonds is 4. The number of carbonyl (C=O) groups is 1. The van der Waals surface area contributed by atoms with Crippen LogP contribution in [-0.2, 0) is 11.3 Å². The fourth-order valence-electron chi connectivity index (χ4n) is 4.82. The molecule has 2 fully saturated rings. The zero-order valence-electron chi connectivity index (χ0n) is 20.0. The van der Waals surface area contributed by atoms with Crippen LogP contribution in [0.15, 0.2) is 24.7 Å². The number of amides is 1. The van der Waals surface area contributed by atoms with Crippen molar-refractivity contribution in [3.63, 3.8) is 0 Å². The molecule has 4 bridgehead atoms. The molecular weight excluding hydrogens is 448 g/mol. The number of nitrogens with one attached hydrogen (secondary N) is 2. The van der Waals surface area contributed by atoms with Gasteiger partial charge in [-0.15, -0.1) is 0 Å². The van der Waals surface area contributed by atoms with Crippen molar-refractivity contribution >= 4 is 28.4 Å². The number of benzene rings is 1. The van der Waals surface area contributed by atoms with Gasteiger partial charge in [0, 0.05) is 63.2 Å². The first-order valence-electron chi connectivity index (χ1n) is 12.1. The topological polar surface area (TPSA) is 105 Å². The van der Waals surface area contributed by atoms with Gasteiger partial charge in [-0.25, -0.2) is 9.97 Å². The Balaban J connectivity index is 1.40. The zero-order valence-corrected chi connectivity index (χ0v) is 20.0. The smallest absolute Gasteiger partial charge is 0.260 e. The minimum absolute atomic E-state index is 0.0635. The van der Waals surface area contributed by atoms with Gasteiger partial charge in [0.15, 0.2) is 18.1 Å². The van der Waals surface area contributed by atoms with E-state index >= 15 is 0 Å². The molecule has 35 heavy (non-hydrogen) atoms. The van der Waals surface area contributed by atoms with Crippen LogP contribution in [0.3, 0.4) is 0 Å². The Labute approximate surface area is 203 Å². The Bertz CT molecular complexity index is 1250. The molecule has 7 rings (SSSR count). The lowest BCUT2D eigenvalue weighted by Gasteiger charge is -2.41. The second-order valence-electron chi connectivity index (χ2n) is 9.77. The van der Waals surface area contributed by atoms with Gasteiger partial charge in [0.05, 0.1) is 19.1 Å². The van der Waals surface area contributed by atoms with Gasteiger partial charge in [0.2, 0.25) is 5.75 Å². The highest BCUT2D eigenvalue weighted by Gasteiger charge is 2.30. The Morgan fingerprint density at radius 3 is 2.86 bits per heavy atom. The lowest BCUT2D eigenvalue weighted by Crippen LogP contribution is -2.51. The van der Waals surface area contributed by atoms with Crippen LogP contribution in [0.2, 0.25) is 0 Å². The van der Waals surface area contributed by atoms with Gasteiger partial charge in [0.25, 0.3) is 5.91 Å². The van der Waals surface area contributed by atoms with Crippen LogP contribution in [0, 0.1) is 11.8 Å². The van der Waals surface area contributed by atoms with Crippen molar-refractivity contribution in [3.8, 4) is 17.2 Å². The van der Waals surface area contributed by atoms with Crippen molar-refractivity contribution in [3.05, 3.63) is 30.2 Å². The molecule has 0 spiro atoms. The normalized spacial score (nSPS) is 22.2. The number of hydrogen-bond acceptors (Lipinski definition) is 8. The lowest BCUT2D eigenvalue weighted by molar-refractivity contribution is -0.133. The number of fused-ring (bicyclic) bond motifs is 4. The summed E-state index contributed by atoms with van der Waals surface area (Å²) in [5.41, 5.74) is 2.64. The lowest BCUT2D eigenvalue weighted by atomic mass is 9.98. The summed E-state index contributed by atoms with van der Waals surface area (Å²) < 4.78 is 17.8. The van der Waals surface area contributed by atoms with Crippen molar-refractivity contribution in [2.45, 2.75) is 19.4 Å². The molecule has 0 radical (unpaired) electrons. The number of aromatic amines is 1. The van der Waals surface area contributed by atoms with Crippen molar-refractivity contribution in [1.29, 1.82) is 0 Å². The van der Waals surface area contributed by atoms with Gasteiger partial charge in [-0.05, 0) is 24.3 Å². The summed E-state index contributed by atoms with van der Waals surface area (Å²) in [5.74, 6) is 3.17. The van der Waals surface area contributed by atoms with Gasteiger partial charge in [-0.2, -0.15) is 0 Å². The van der Waals surface area contributed by atoms with E-state index < -0.39 is 0 Å². The summed E-state index contributed by atoms with van der Waals surface area (Å²) >= 11 is 0. The molecule has 2 N–H and O–H groups in total. The largest absolute Gasteiger partial charge is 0.493 e. The molecule has 1 amide bonds. The number of carbonyl (C=O) groups excluding carboxylic acids is 1. The second-order valence-corrected chi connectivity index (χ2v) is 9.77. The number of anilines is 2. The molecule has 10 nitrogen and oxygen atoms in total. The average Bonchev–Trinajstić information content (AvgIpc) is 3.57. The fraction of sp³-hybridized carbons (Fsp3) is 0.480. The van der Waals surface area contributed by atoms with Crippen LogP contribution in [0.1, 0.15) is 18.4 Å². The highest BCUT2D eigenvalue weighted by atomic mass is 16.5. The molecule has 5 heterocycles. The highest BCUT2D eigenvalue weighted by Crippen LogP contribution is 2.43. The number of nitrogens with zero attached hydrogens (tertiary/aromatic N) is 4. The van der Waals surface area contributed by atoms with E-state index in [1.54, 1.807) is 18.3 Å². The maximum Gasteiger partial charge on any atom is 0.260 e. The molecule has 184 valence electrons. The van der Waals surface area contributed by atoms with E-state index in [1.165, 1.54) is 12.8 Å². The van der Waals surface area contributed by atoms with Crippen LogP contribution in [0.4, 0.5) is 11.5 Å². The third-order valence-corrected chi connectivity index (χ3v) is 6.95. The molecule has 0 unspecified atom stereocenters. The number of H-pyrrole nitrogens is 1. The van der Waals surface area contributed by atoms with Gasteiger partial charge < -0.3 is 29.4 Å². The molecule has 1 saturated heterocycles. The quantitative estimate of drug-likeness (QED) is 0.590. The Hall–Kier alpha value is -3.53. The molecular formula is C25H30N6O4. The predicted octanol–water partition coefficient (Wildman–Crippen LogP) is 2.78. The standard InChI is InChI=1S/C25H30N6O4/c1-30-8-16-9-31(10-16)11-17-7-26-24-22(17)25(28-14-27-24)29-18-5-19(33-2)23(35-12-15-3-4-15)20(6-18)34-13-21(30)32/h5-7,14-16H,3-4,8-13H2,1-2H3,(H2,26,27,28,29). The van der Waals surface area contributed by atoms with Gasteiger partial charge in [0.1, 0.15) is 17.8 Å². The van der Waals surface area contributed by atoms with E-state index in [0.717, 1.165) is 41.9 Å². The summed E-state index contributed by atoms with van der Waals surface area (Å²) in [6.07, 6.45) is 5.88. The molecule has 1 aliphatic carbocycles.